The lowest BCUT2D eigenvalue weighted by Crippen LogP contribution is -2.41. The molecule has 0 radical (unpaired) electrons. The van der Waals surface area contributed by atoms with Crippen LogP contribution < -0.4 is 5.73 Å². The van der Waals surface area contributed by atoms with Crippen LogP contribution in [0.5, 0.6) is 0 Å². The Bertz CT molecular complexity index is 497. The number of nitrogens with zero attached hydrogens (tertiary/aromatic N) is 1. The third kappa shape index (κ3) is 4.13. The molecule has 102 valence electrons. The molecule has 0 fully saturated rings. The van der Waals surface area contributed by atoms with Gasteiger partial charge in [0.1, 0.15) is 6.04 Å². The summed E-state index contributed by atoms with van der Waals surface area (Å²) in [6.07, 6.45) is 3.33. The van der Waals surface area contributed by atoms with Gasteiger partial charge in [0, 0.05) is 18.8 Å². The van der Waals surface area contributed by atoms with E-state index in [0.29, 0.717) is 12.1 Å². The van der Waals surface area contributed by atoms with Crippen molar-refractivity contribution < 1.29 is 14.7 Å². The highest BCUT2D eigenvalue weighted by atomic mass is 16.4. The predicted molar refractivity (Wildman–Crippen MR) is 74.4 cm³/mol. The second-order valence-corrected chi connectivity index (χ2v) is 4.21. The van der Waals surface area contributed by atoms with E-state index in [4.69, 9.17) is 10.8 Å². The molecule has 1 aromatic rings. The van der Waals surface area contributed by atoms with Gasteiger partial charge in [-0.1, -0.05) is 19.1 Å². The number of amides is 1. The summed E-state index contributed by atoms with van der Waals surface area (Å²) in [6.45, 7) is 1.73. The Hall–Kier alpha value is -2.30. The lowest BCUT2D eigenvalue weighted by atomic mass is 10.1. The van der Waals surface area contributed by atoms with Crippen LogP contribution >= 0.6 is 0 Å². The molecule has 1 atom stereocenters. The number of carbonyl (C=O) groups is 2. The van der Waals surface area contributed by atoms with Crippen LogP contribution in [0.2, 0.25) is 0 Å². The zero-order valence-electron chi connectivity index (χ0n) is 11.0. The maximum atomic E-state index is 11.9. The van der Waals surface area contributed by atoms with Gasteiger partial charge in [-0.2, -0.15) is 0 Å². The van der Waals surface area contributed by atoms with E-state index < -0.39 is 12.0 Å². The van der Waals surface area contributed by atoms with E-state index in [1.165, 1.54) is 18.0 Å². The summed E-state index contributed by atoms with van der Waals surface area (Å²) in [4.78, 5) is 24.0. The molecule has 0 aliphatic heterocycles. The highest BCUT2D eigenvalue weighted by Gasteiger charge is 2.22. The van der Waals surface area contributed by atoms with Crippen LogP contribution in [0.1, 0.15) is 18.9 Å². The first kappa shape index (κ1) is 14.8. The smallest absolute Gasteiger partial charge is 0.326 e. The number of aliphatic carboxylic acids is 1. The number of carboxylic acids is 1. The highest BCUT2D eigenvalue weighted by molar-refractivity contribution is 5.94. The molecule has 0 saturated carbocycles. The summed E-state index contributed by atoms with van der Waals surface area (Å²) in [6, 6.07) is 6.28. The number of hydrogen-bond donors (Lipinski definition) is 2. The molecule has 0 aliphatic carbocycles. The molecule has 1 amide bonds. The SMILES string of the molecule is CCC(C(=O)O)N(C)C(=O)/C=C/c1cccc(N)c1. The number of nitrogen functional groups attached to an aromatic ring is 1. The second kappa shape index (κ2) is 6.58. The lowest BCUT2D eigenvalue weighted by molar-refractivity contribution is -0.147. The predicted octanol–water partition coefficient (Wildman–Crippen LogP) is 1.60. The van der Waals surface area contributed by atoms with Gasteiger partial charge >= 0.3 is 5.97 Å². The van der Waals surface area contributed by atoms with Crippen LogP contribution in [0.4, 0.5) is 5.69 Å². The van der Waals surface area contributed by atoms with Gasteiger partial charge in [-0.25, -0.2) is 4.79 Å². The zero-order chi connectivity index (χ0) is 14.4. The standard InChI is InChI=1S/C14H18N2O3/c1-3-12(14(18)19)16(2)13(17)8-7-10-5-4-6-11(15)9-10/h4-9,12H,3,15H2,1-2H3,(H,18,19)/b8-7+. The Balaban J connectivity index is 2.76. The maximum absolute atomic E-state index is 11.9. The van der Waals surface area contributed by atoms with E-state index in [-0.39, 0.29) is 5.91 Å². The van der Waals surface area contributed by atoms with Crippen molar-refractivity contribution in [3.63, 3.8) is 0 Å². The fourth-order valence-electron chi connectivity index (χ4n) is 1.72. The first-order valence-corrected chi connectivity index (χ1v) is 5.99. The Morgan fingerprint density at radius 2 is 2.16 bits per heavy atom. The minimum absolute atomic E-state index is 0.350. The molecule has 0 aromatic heterocycles. The van der Waals surface area contributed by atoms with Gasteiger partial charge in [-0.05, 0) is 30.2 Å². The molecule has 0 heterocycles. The van der Waals surface area contributed by atoms with Crippen molar-refractivity contribution >= 4 is 23.6 Å². The topological polar surface area (TPSA) is 83.6 Å². The van der Waals surface area contributed by atoms with Crippen LogP contribution in [0.3, 0.4) is 0 Å². The Kier molecular flexibility index (Phi) is 5.11. The molecule has 0 aliphatic rings. The van der Waals surface area contributed by atoms with E-state index >= 15 is 0 Å². The summed E-state index contributed by atoms with van der Waals surface area (Å²) >= 11 is 0. The number of carboxylic acid groups (broad SMARTS) is 1. The molecule has 0 saturated heterocycles. The van der Waals surface area contributed by atoms with Crippen molar-refractivity contribution in [1.29, 1.82) is 0 Å². The molecular formula is C14H18N2O3. The van der Waals surface area contributed by atoms with E-state index in [0.717, 1.165) is 5.56 Å². The van der Waals surface area contributed by atoms with Gasteiger partial charge in [0.25, 0.3) is 0 Å². The number of hydrogen-bond acceptors (Lipinski definition) is 3. The molecular weight excluding hydrogens is 244 g/mol. The molecule has 1 unspecified atom stereocenters. The number of rotatable bonds is 5. The number of anilines is 1. The lowest BCUT2D eigenvalue weighted by Gasteiger charge is -2.22. The van der Waals surface area contributed by atoms with E-state index in [9.17, 15) is 9.59 Å². The molecule has 19 heavy (non-hydrogen) atoms. The molecule has 0 spiro atoms. The van der Waals surface area contributed by atoms with E-state index in [1.807, 2.05) is 6.07 Å². The summed E-state index contributed by atoms with van der Waals surface area (Å²) in [5, 5.41) is 8.98. The summed E-state index contributed by atoms with van der Waals surface area (Å²) in [7, 11) is 1.48. The van der Waals surface area contributed by atoms with Gasteiger partial charge in [0.05, 0.1) is 0 Å². The number of benzene rings is 1. The van der Waals surface area contributed by atoms with Crippen LogP contribution in [0.25, 0.3) is 6.08 Å². The first-order chi connectivity index (χ1) is 8.95. The Morgan fingerprint density at radius 3 is 2.68 bits per heavy atom. The average Bonchev–Trinajstić information content (AvgIpc) is 2.36. The van der Waals surface area contributed by atoms with Gasteiger partial charge in [0.2, 0.25) is 5.91 Å². The third-order valence-electron chi connectivity index (χ3n) is 2.82. The van der Waals surface area contributed by atoms with Gasteiger partial charge in [0.15, 0.2) is 0 Å². The Labute approximate surface area is 112 Å². The van der Waals surface area contributed by atoms with E-state index in [1.54, 1.807) is 31.2 Å². The maximum Gasteiger partial charge on any atom is 0.326 e. The molecule has 5 heteroatoms. The highest BCUT2D eigenvalue weighted by Crippen LogP contribution is 2.09. The fraction of sp³-hybridized carbons (Fsp3) is 0.286. The van der Waals surface area contributed by atoms with Crippen molar-refractivity contribution in [2.45, 2.75) is 19.4 Å². The first-order valence-electron chi connectivity index (χ1n) is 5.99. The van der Waals surface area contributed by atoms with Crippen LogP contribution in [0, 0.1) is 0 Å². The summed E-state index contributed by atoms with van der Waals surface area (Å²) in [5.74, 6) is -1.35. The van der Waals surface area contributed by atoms with E-state index in [2.05, 4.69) is 0 Å². The average molecular weight is 262 g/mol. The zero-order valence-corrected chi connectivity index (χ0v) is 11.0. The van der Waals surface area contributed by atoms with Crippen molar-refractivity contribution in [2.75, 3.05) is 12.8 Å². The fourth-order valence-corrected chi connectivity index (χ4v) is 1.72. The molecule has 1 rings (SSSR count). The number of likely N-dealkylation sites (N-methyl/N-ethyl adjacent to an activating group) is 1. The van der Waals surface area contributed by atoms with Crippen molar-refractivity contribution in [2.24, 2.45) is 0 Å². The van der Waals surface area contributed by atoms with Gasteiger partial charge in [-0.3, -0.25) is 4.79 Å². The van der Waals surface area contributed by atoms with Crippen molar-refractivity contribution in [1.82, 2.24) is 4.90 Å². The minimum atomic E-state index is -1.00. The van der Waals surface area contributed by atoms with Gasteiger partial charge in [-0.15, -0.1) is 0 Å². The van der Waals surface area contributed by atoms with Crippen molar-refractivity contribution in [3.05, 3.63) is 35.9 Å². The molecule has 5 nitrogen and oxygen atoms in total. The largest absolute Gasteiger partial charge is 0.480 e. The molecule has 0 bridgehead atoms. The molecule has 1 aromatic carbocycles. The van der Waals surface area contributed by atoms with Crippen LogP contribution in [0.15, 0.2) is 30.3 Å². The quantitative estimate of drug-likeness (QED) is 0.623. The molecule has 3 N–H and O–H groups in total. The van der Waals surface area contributed by atoms with Crippen molar-refractivity contribution in [3.8, 4) is 0 Å². The summed E-state index contributed by atoms with van der Waals surface area (Å²) in [5.41, 5.74) is 7.03. The number of nitrogens with two attached hydrogens (primary N) is 1. The minimum Gasteiger partial charge on any atom is -0.480 e. The normalized spacial score (nSPS) is 12.3. The van der Waals surface area contributed by atoms with Crippen LogP contribution in [-0.4, -0.2) is 35.0 Å². The number of carbonyl (C=O) groups excluding carboxylic acids is 1. The van der Waals surface area contributed by atoms with Gasteiger partial charge < -0.3 is 15.7 Å². The second-order valence-electron chi connectivity index (χ2n) is 4.21. The Morgan fingerprint density at radius 1 is 1.47 bits per heavy atom. The third-order valence-corrected chi connectivity index (χ3v) is 2.82. The van der Waals surface area contributed by atoms with Crippen LogP contribution in [-0.2, 0) is 9.59 Å². The monoisotopic (exact) mass is 262 g/mol. The summed E-state index contributed by atoms with van der Waals surface area (Å²) < 4.78 is 0.